The van der Waals surface area contributed by atoms with Crippen LogP contribution < -0.4 is 5.32 Å². The summed E-state index contributed by atoms with van der Waals surface area (Å²) in [6.07, 6.45) is 8.50. The molecule has 2 fully saturated rings. The normalized spacial score (nSPS) is 31.5. The fourth-order valence-corrected chi connectivity index (χ4v) is 6.68. The number of carbonyl (C=O) groups excluding carboxylic acids is 2. The number of carbonyl (C=O) groups is 2. The van der Waals surface area contributed by atoms with Crippen LogP contribution in [0.4, 0.5) is 0 Å². The van der Waals surface area contributed by atoms with Gasteiger partial charge in [0.05, 0.1) is 0 Å². The first-order chi connectivity index (χ1) is 15.0. The molecule has 0 unspecified atom stereocenters. The smallest absolute Gasteiger partial charge is 0.220 e. The summed E-state index contributed by atoms with van der Waals surface area (Å²) in [5.74, 6) is 1.71. The van der Waals surface area contributed by atoms with E-state index in [4.69, 9.17) is 0 Å². The topological polar surface area (TPSA) is 79.3 Å². The van der Waals surface area contributed by atoms with E-state index in [1.807, 2.05) is 18.2 Å². The fraction of sp³-hybridized carbons (Fsp3) is 0.500. The predicted molar refractivity (Wildman–Crippen MR) is 117 cm³/mol. The number of amides is 1. The molecule has 2 N–H and O–H groups in total. The third-order valence-corrected chi connectivity index (χ3v) is 8.22. The molecule has 0 bridgehead atoms. The van der Waals surface area contributed by atoms with Gasteiger partial charge in [-0.05, 0) is 84.7 Å². The number of nitrogens with zero attached hydrogens (tertiary/aromatic N) is 1. The molecule has 5 rings (SSSR count). The van der Waals surface area contributed by atoms with E-state index >= 15 is 0 Å². The van der Waals surface area contributed by atoms with Crippen molar-refractivity contribution in [2.75, 3.05) is 0 Å². The molecule has 3 aliphatic rings. The molecule has 5 atom stereocenters. The number of ketones is 1. The van der Waals surface area contributed by atoms with E-state index in [1.165, 1.54) is 11.1 Å². The second kappa shape index (κ2) is 7.77. The van der Waals surface area contributed by atoms with Crippen LogP contribution >= 0.6 is 0 Å². The second-order valence-corrected chi connectivity index (χ2v) is 9.89. The maximum Gasteiger partial charge on any atom is 0.220 e. The third-order valence-electron chi connectivity index (χ3n) is 8.22. The summed E-state index contributed by atoms with van der Waals surface area (Å²) in [6, 6.07) is 9.58. The van der Waals surface area contributed by atoms with Crippen LogP contribution in [-0.2, 0) is 22.6 Å². The number of fused-ring (bicyclic) bond motifs is 5. The molecule has 1 amide bonds. The van der Waals surface area contributed by atoms with Crippen LogP contribution in [0.5, 0.6) is 5.75 Å². The maximum absolute atomic E-state index is 13.4. The summed E-state index contributed by atoms with van der Waals surface area (Å²) in [5, 5.41) is 12.8. The van der Waals surface area contributed by atoms with Crippen LogP contribution in [0.15, 0.2) is 42.7 Å². The number of aromatic nitrogens is 1. The van der Waals surface area contributed by atoms with Gasteiger partial charge in [-0.1, -0.05) is 19.1 Å². The van der Waals surface area contributed by atoms with Crippen molar-refractivity contribution in [1.82, 2.24) is 10.3 Å². The van der Waals surface area contributed by atoms with Crippen LogP contribution in [0, 0.1) is 23.2 Å². The quantitative estimate of drug-likeness (QED) is 0.782. The van der Waals surface area contributed by atoms with E-state index in [0.717, 1.165) is 37.7 Å². The lowest BCUT2D eigenvalue weighted by Crippen LogP contribution is -2.42. The highest BCUT2D eigenvalue weighted by molar-refractivity contribution is 5.93. The molecule has 0 aliphatic heterocycles. The molecule has 3 aliphatic carbocycles. The highest BCUT2D eigenvalue weighted by atomic mass is 16.3. The molecule has 5 heteroatoms. The van der Waals surface area contributed by atoms with E-state index < -0.39 is 0 Å². The maximum atomic E-state index is 13.4. The molecule has 1 heterocycles. The summed E-state index contributed by atoms with van der Waals surface area (Å²) in [6.45, 7) is 2.60. The minimum atomic E-state index is -0.302. The van der Waals surface area contributed by atoms with Crippen LogP contribution in [0.25, 0.3) is 0 Å². The molecule has 5 nitrogen and oxygen atoms in total. The first-order valence-electron chi connectivity index (χ1n) is 11.5. The number of aryl methyl sites for hydroxylation is 1. The molecular formula is C26H30N2O3. The molecule has 2 aromatic rings. The Labute approximate surface area is 183 Å². The number of Topliss-reactive ketones (excluding diaryl/α,β-unsaturated/α-hetero) is 1. The van der Waals surface area contributed by atoms with Crippen molar-refractivity contribution in [2.24, 2.45) is 23.2 Å². The van der Waals surface area contributed by atoms with Gasteiger partial charge in [0.15, 0.2) is 0 Å². The Bertz CT molecular complexity index is 1000. The summed E-state index contributed by atoms with van der Waals surface area (Å²) in [5.41, 5.74) is 3.29. The standard InChI is InChI=1S/C26H30N2O3/c1-26-9-8-21-20-7-5-19(29)11-17(20)4-6-22(21)23(26)12-18(25(26)31)13-24(30)28-15-16-3-2-10-27-14-16/h2-3,5,7,10-11,14,18,21-23,29H,4,6,8-9,12-13,15H2,1H3,(H,28,30)/t18-,21-,22-,23+,26+/m1/s1. The molecule has 1 aromatic carbocycles. The van der Waals surface area contributed by atoms with E-state index in [2.05, 4.69) is 23.3 Å². The summed E-state index contributed by atoms with van der Waals surface area (Å²) in [7, 11) is 0. The van der Waals surface area contributed by atoms with Crippen LogP contribution in [0.3, 0.4) is 0 Å². The minimum Gasteiger partial charge on any atom is -0.508 e. The van der Waals surface area contributed by atoms with Gasteiger partial charge in [0, 0.05) is 36.7 Å². The molecule has 1 aromatic heterocycles. The van der Waals surface area contributed by atoms with Gasteiger partial charge >= 0.3 is 0 Å². The van der Waals surface area contributed by atoms with Gasteiger partial charge in [0.2, 0.25) is 5.91 Å². The van der Waals surface area contributed by atoms with E-state index in [0.29, 0.717) is 35.8 Å². The monoisotopic (exact) mass is 418 g/mol. The minimum absolute atomic E-state index is 0.0505. The highest BCUT2D eigenvalue weighted by Gasteiger charge is 2.58. The van der Waals surface area contributed by atoms with Gasteiger partial charge < -0.3 is 10.4 Å². The molecule has 2 saturated carbocycles. The van der Waals surface area contributed by atoms with Gasteiger partial charge in [0.1, 0.15) is 11.5 Å². The molecule has 0 radical (unpaired) electrons. The number of phenolic OH excluding ortho intramolecular Hbond substituents is 1. The van der Waals surface area contributed by atoms with E-state index in [-0.39, 0.29) is 23.7 Å². The fourth-order valence-electron chi connectivity index (χ4n) is 6.68. The largest absolute Gasteiger partial charge is 0.508 e. The van der Waals surface area contributed by atoms with Gasteiger partial charge in [-0.25, -0.2) is 0 Å². The zero-order chi connectivity index (χ0) is 21.6. The van der Waals surface area contributed by atoms with E-state index in [1.54, 1.807) is 18.5 Å². The summed E-state index contributed by atoms with van der Waals surface area (Å²) < 4.78 is 0. The van der Waals surface area contributed by atoms with Crippen molar-refractivity contribution in [2.45, 2.75) is 57.9 Å². The molecule has 0 saturated heterocycles. The lowest BCUT2D eigenvalue weighted by atomic mass is 9.55. The van der Waals surface area contributed by atoms with Crippen molar-refractivity contribution in [3.63, 3.8) is 0 Å². The van der Waals surface area contributed by atoms with E-state index in [9.17, 15) is 14.7 Å². The predicted octanol–water partition coefficient (Wildman–Crippen LogP) is 4.15. The van der Waals surface area contributed by atoms with Gasteiger partial charge in [-0.15, -0.1) is 0 Å². The van der Waals surface area contributed by atoms with Crippen molar-refractivity contribution in [1.29, 1.82) is 0 Å². The van der Waals surface area contributed by atoms with Crippen molar-refractivity contribution < 1.29 is 14.7 Å². The van der Waals surface area contributed by atoms with Gasteiger partial charge in [0.25, 0.3) is 0 Å². The number of hydrogen-bond donors (Lipinski definition) is 2. The number of hydrogen-bond acceptors (Lipinski definition) is 4. The Morgan fingerprint density at radius 2 is 2.16 bits per heavy atom. The highest BCUT2D eigenvalue weighted by Crippen LogP contribution is 2.61. The molecule has 162 valence electrons. The zero-order valence-corrected chi connectivity index (χ0v) is 18.0. The van der Waals surface area contributed by atoms with Crippen LogP contribution in [0.1, 0.15) is 61.6 Å². The Morgan fingerprint density at radius 1 is 1.29 bits per heavy atom. The first kappa shape index (κ1) is 20.2. The Morgan fingerprint density at radius 3 is 2.97 bits per heavy atom. The number of nitrogens with one attached hydrogen (secondary N) is 1. The number of rotatable bonds is 4. The van der Waals surface area contributed by atoms with Gasteiger partial charge in [-0.2, -0.15) is 0 Å². The Hall–Kier alpha value is -2.69. The zero-order valence-electron chi connectivity index (χ0n) is 18.0. The summed E-state index contributed by atoms with van der Waals surface area (Å²) in [4.78, 5) is 30.1. The lowest BCUT2D eigenvalue weighted by Gasteiger charge is -2.48. The average molecular weight is 419 g/mol. The SMILES string of the molecule is C[C@]12CC[C@@H]3c4ccc(O)cc4CC[C@H]3[C@@H]1C[C@H](CC(=O)NCc1cccnc1)C2=O. The van der Waals surface area contributed by atoms with Crippen molar-refractivity contribution >= 4 is 11.7 Å². The number of phenols is 1. The number of pyridine rings is 1. The van der Waals surface area contributed by atoms with Crippen molar-refractivity contribution in [3.8, 4) is 5.75 Å². The Balaban J connectivity index is 1.29. The summed E-state index contributed by atoms with van der Waals surface area (Å²) >= 11 is 0. The second-order valence-electron chi connectivity index (χ2n) is 9.89. The van der Waals surface area contributed by atoms with Crippen molar-refractivity contribution in [3.05, 3.63) is 59.4 Å². The molecule has 0 spiro atoms. The molecular weight excluding hydrogens is 388 g/mol. The van der Waals surface area contributed by atoms with Gasteiger partial charge in [-0.3, -0.25) is 14.6 Å². The number of benzene rings is 1. The first-order valence-corrected chi connectivity index (χ1v) is 11.5. The third kappa shape index (κ3) is 3.54. The van der Waals surface area contributed by atoms with Crippen LogP contribution in [-0.4, -0.2) is 21.8 Å². The average Bonchev–Trinajstić information content (AvgIpc) is 3.03. The van der Waals surface area contributed by atoms with Crippen LogP contribution in [0.2, 0.25) is 0 Å². The number of aromatic hydroxyl groups is 1. The lowest BCUT2D eigenvalue weighted by molar-refractivity contribution is -0.134. The Kier molecular flexibility index (Phi) is 5.07. The molecule has 31 heavy (non-hydrogen) atoms.